The molecule has 6 heteroatoms. The van der Waals surface area contributed by atoms with Crippen LogP contribution in [0.25, 0.3) is 10.9 Å². The Bertz CT molecular complexity index is 747. The number of halogens is 1. The molecule has 1 saturated carbocycles. The molecule has 1 aliphatic carbocycles. The Morgan fingerprint density at radius 2 is 2.10 bits per heavy atom. The lowest BCUT2D eigenvalue weighted by molar-refractivity contribution is 0.274. The molecule has 1 aromatic carbocycles. The SMILES string of the molecule is O=S(=O)(CC1CCC1)c1c(CO)[nH]c2ccc(Cl)cc12. The van der Waals surface area contributed by atoms with Crippen LogP contribution in [-0.4, -0.2) is 24.3 Å². The first-order valence-corrected chi connectivity index (χ1v) is 8.68. The second kappa shape index (κ2) is 5.06. The van der Waals surface area contributed by atoms with E-state index in [4.69, 9.17) is 11.6 Å². The Labute approximate surface area is 122 Å². The number of rotatable bonds is 4. The van der Waals surface area contributed by atoms with Crippen molar-refractivity contribution in [2.24, 2.45) is 5.92 Å². The van der Waals surface area contributed by atoms with Crippen molar-refractivity contribution < 1.29 is 13.5 Å². The van der Waals surface area contributed by atoms with Gasteiger partial charge < -0.3 is 10.1 Å². The third-order valence-corrected chi connectivity index (χ3v) is 6.17. The molecule has 0 aliphatic heterocycles. The van der Waals surface area contributed by atoms with E-state index < -0.39 is 9.84 Å². The van der Waals surface area contributed by atoms with Gasteiger partial charge in [0, 0.05) is 15.9 Å². The van der Waals surface area contributed by atoms with Crippen molar-refractivity contribution in [3.8, 4) is 0 Å². The summed E-state index contributed by atoms with van der Waals surface area (Å²) in [6.45, 7) is -0.328. The molecular formula is C14H16ClNO3S. The summed E-state index contributed by atoms with van der Waals surface area (Å²) in [6, 6.07) is 5.07. The number of hydrogen-bond donors (Lipinski definition) is 2. The summed E-state index contributed by atoms with van der Waals surface area (Å²) in [7, 11) is -3.41. The second-order valence-corrected chi connectivity index (χ2v) is 7.77. The molecule has 20 heavy (non-hydrogen) atoms. The van der Waals surface area contributed by atoms with Crippen molar-refractivity contribution in [2.75, 3.05) is 5.75 Å². The van der Waals surface area contributed by atoms with Crippen LogP contribution in [0.2, 0.25) is 5.02 Å². The van der Waals surface area contributed by atoms with Crippen LogP contribution >= 0.6 is 11.6 Å². The molecule has 108 valence electrons. The van der Waals surface area contributed by atoms with Crippen LogP contribution in [0.1, 0.15) is 25.0 Å². The minimum atomic E-state index is -3.41. The van der Waals surface area contributed by atoms with E-state index in [0.717, 1.165) is 19.3 Å². The van der Waals surface area contributed by atoms with Crippen LogP contribution in [0.3, 0.4) is 0 Å². The Balaban J connectivity index is 2.14. The van der Waals surface area contributed by atoms with Crippen LogP contribution in [-0.2, 0) is 16.4 Å². The fraction of sp³-hybridized carbons (Fsp3) is 0.429. The standard InChI is InChI=1S/C14H16ClNO3S/c15-10-4-5-12-11(6-10)14(13(7-17)16-12)20(18,19)8-9-2-1-3-9/h4-6,9,16-17H,1-3,7-8H2. The second-order valence-electron chi connectivity index (χ2n) is 5.36. The highest BCUT2D eigenvalue weighted by atomic mass is 35.5. The van der Waals surface area contributed by atoms with Crippen LogP contribution in [0, 0.1) is 5.92 Å². The molecule has 0 unspecified atom stereocenters. The molecule has 0 saturated heterocycles. The van der Waals surface area contributed by atoms with Gasteiger partial charge in [-0.1, -0.05) is 18.0 Å². The fourth-order valence-corrected chi connectivity index (χ4v) is 5.00. The zero-order valence-corrected chi connectivity index (χ0v) is 12.5. The zero-order chi connectivity index (χ0) is 14.3. The number of aliphatic hydroxyl groups excluding tert-OH is 1. The van der Waals surface area contributed by atoms with Gasteiger partial charge in [-0.3, -0.25) is 0 Å². The molecule has 2 N–H and O–H groups in total. The Kier molecular flexibility index (Phi) is 3.52. The largest absolute Gasteiger partial charge is 0.390 e. The lowest BCUT2D eigenvalue weighted by atomic mass is 9.87. The van der Waals surface area contributed by atoms with Gasteiger partial charge in [0.2, 0.25) is 0 Å². The summed E-state index contributed by atoms with van der Waals surface area (Å²) in [5, 5.41) is 10.5. The predicted molar refractivity (Wildman–Crippen MR) is 78.6 cm³/mol. The van der Waals surface area contributed by atoms with Gasteiger partial charge >= 0.3 is 0 Å². The normalized spacial score (nSPS) is 16.5. The fourth-order valence-electron chi connectivity index (χ4n) is 2.71. The molecule has 0 amide bonds. The van der Waals surface area contributed by atoms with E-state index in [-0.39, 0.29) is 23.2 Å². The van der Waals surface area contributed by atoms with Gasteiger partial charge in [-0.25, -0.2) is 8.42 Å². The minimum Gasteiger partial charge on any atom is -0.390 e. The molecule has 1 aromatic heterocycles. The van der Waals surface area contributed by atoms with Crippen molar-refractivity contribution in [1.82, 2.24) is 4.98 Å². The summed E-state index contributed by atoms with van der Waals surface area (Å²) in [4.78, 5) is 3.18. The Morgan fingerprint density at radius 1 is 1.35 bits per heavy atom. The van der Waals surface area contributed by atoms with Crippen molar-refractivity contribution in [3.05, 3.63) is 28.9 Å². The zero-order valence-electron chi connectivity index (χ0n) is 10.9. The predicted octanol–water partition coefficient (Wildman–Crippen LogP) is 2.89. The lowest BCUT2D eigenvalue weighted by Crippen LogP contribution is -2.22. The van der Waals surface area contributed by atoms with Gasteiger partial charge in [0.25, 0.3) is 0 Å². The number of H-pyrrole nitrogens is 1. The first kappa shape index (κ1) is 13.9. The lowest BCUT2D eigenvalue weighted by Gasteiger charge is -2.24. The maximum absolute atomic E-state index is 12.6. The van der Waals surface area contributed by atoms with Gasteiger partial charge in [0.05, 0.1) is 22.9 Å². The maximum atomic E-state index is 12.6. The molecule has 0 spiro atoms. The molecular weight excluding hydrogens is 298 g/mol. The van der Waals surface area contributed by atoms with E-state index in [1.807, 2.05) is 0 Å². The van der Waals surface area contributed by atoms with E-state index in [9.17, 15) is 13.5 Å². The van der Waals surface area contributed by atoms with Crippen LogP contribution in [0.15, 0.2) is 23.1 Å². The maximum Gasteiger partial charge on any atom is 0.181 e. The number of sulfone groups is 1. The molecule has 0 radical (unpaired) electrons. The topological polar surface area (TPSA) is 70.2 Å². The summed E-state index contributed by atoms with van der Waals surface area (Å²) in [6.07, 6.45) is 3.04. The molecule has 0 bridgehead atoms. The number of aliphatic hydroxyl groups is 1. The van der Waals surface area contributed by atoms with Crippen molar-refractivity contribution in [1.29, 1.82) is 0 Å². The van der Waals surface area contributed by atoms with Gasteiger partial charge in [-0.2, -0.15) is 0 Å². The van der Waals surface area contributed by atoms with E-state index in [2.05, 4.69) is 4.98 Å². The number of benzene rings is 1. The number of hydrogen-bond acceptors (Lipinski definition) is 3. The number of aromatic nitrogens is 1. The number of fused-ring (bicyclic) bond motifs is 1. The molecule has 1 heterocycles. The summed E-state index contributed by atoms with van der Waals surface area (Å²) >= 11 is 5.97. The van der Waals surface area contributed by atoms with Gasteiger partial charge in [0.15, 0.2) is 9.84 Å². The molecule has 1 aliphatic rings. The molecule has 4 nitrogen and oxygen atoms in total. The Hall–Kier alpha value is -1.04. The van der Waals surface area contributed by atoms with Gasteiger partial charge in [-0.05, 0) is 37.0 Å². The highest BCUT2D eigenvalue weighted by Crippen LogP contribution is 2.34. The van der Waals surface area contributed by atoms with Crippen LogP contribution in [0.5, 0.6) is 0 Å². The third-order valence-electron chi connectivity index (χ3n) is 3.93. The average molecular weight is 314 g/mol. The van der Waals surface area contributed by atoms with E-state index >= 15 is 0 Å². The summed E-state index contributed by atoms with van der Waals surface area (Å²) in [5.41, 5.74) is 1.03. The van der Waals surface area contributed by atoms with Crippen LogP contribution in [0.4, 0.5) is 0 Å². The highest BCUT2D eigenvalue weighted by molar-refractivity contribution is 7.91. The van der Waals surface area contributed by atoms with E-state index in [0.29, 0.717) is 21.6 Å². The summed E-state index contributed by atoms with van der Waals surface area (Å²) < 4.78 is 25.3. The van der Waals surface area contributed by atoms with Crippen molar-refractivity contribution in [2.45, 2.75) is 30.8 Å². The first-order valence-electron chi connectivity index (χ1n) is 6.65. The minimum absolute atomic E-state index is 0.152. The average Bonchev–Trinajstić information content (AvgIpc) is 2.72. The number of nitrogens with one attached hydrogen (secondary N) is 1. The quantitative estimate of drug-likeness (QED) is 0.911. The van der Waals surface area contributed by atoms with Crippen molar-refractivity contribution in [3.63, 3.8) is 0 Å². The van der Waals surface area contributed by atoms with Gasteiger partial charge in [-0.15, -0.1) is 0 Å². The first-order chi connectivity index (χ1) is 9.51. The number of aromatic amines is 1. The molecule has 1 fully saturated rings. The smallest absolute Gasteiger partial charge is 0.181 e. The molecule has 2 aromatic rings. The molecule has 3 rings (SSSR count). The summed E-state index contributed by atoms with van der Waals surface area (Å²) in [5.74, 6) is 0.398. The van der Waals surface area contributed by atoms with Crippen LogP contribution < -0.4 is 0 Å². The third kappa shape index (κ3) is 2.34. The van der Waals surface area contributed by atoms with Crippen molar-refractivity contribution >= 4 is 32.3 Å². The van der Waals surface area contributed by atoms with E-state index in [1.165, 1.54) is 0 Å². The monoisotopic (exact) mass is 313 g/mol. The van der Waals surface area contributed by atoms with Gasteiger partial charge in [0.1, 0.15) is 0 Å². The van der Waals surface area contributed by atoms with E-state index in [1.54, 1.807) is 18.2 Å². The Morgan fingerprint density at radius 3 is 2.70 bits per heavy atom. The molecule has 0 atom stereocenters. The highest BCUT2D eigenvalue weighted by Gasteiger charge is 2.30.